The van der Waals surface area contributed by atoms with E-state index >= 15 is 0 Å². The molecule has 1 aromatic rings. The Kier molecular flexibility index (Phi) is 3.61. The lowest BCUT2D eigenvalue weighted by Crippen LogP contribution is -2.29. The molecule has 0 bridgehead atoms. The van der Waals surface area contributed by atoms with Crippen molar-refractivity contribution in [3.8, 4) is 0 Å². The van der Waals surface area contributed by atoms with Gasteiger partial charge in [0.05, 0.1) is 5.57 Å². The maximum absolute atomic E-state index is 12.8. The first-order valence-corrected chi connectivity index (χ1v) is 5.50. The van der Waals surface area contributed by atoms with Crippen LogP contribution in [-0.4, -0.2) is 25.4 Å². The smallest absolute Gasteiger partial charge is 0.416 e. The number of carbonyl (C=O) groups is 1. The van der Waals surface area contributed by atoms with Crippen LogP contribution in [-0.2, 0) is 14.3 Å². The summed E-state index contributed by atoms with van der Waals surface area (Å²) >= 11 is 0. The Balaban J connectivity index is 2.34. The first-order chi connectivity index (χ1) is 8.93. The van der Waals surface area contributed by atoms with Gasteiger partial charge in [0.15, 0.2) is 6.10 Å². The topological polar surface area (TPSA) is 35.5 Å². The van der Waals surface area contributed by atoms with Crippen molar-refractivity contribution in [1.29, 1.82) is 0 Å². The number of methoxy groups -OCH3 is 1. The van der Waals surface area contributed by atoms with Gasteiger partial charge in [-0.15, -0.1) is 0 Å². The Bertz CT molecular complexity index is 494. The summed E-state index contributed by atoms with van der Waals surface area (Å²) in [5.41, 5.74) is -0.506. The number of hydrogen-bond acceptors (Lipinski definition) is 3. The molecule has 0 N–H and O–H groups in total. The first kappa shape index (κ1) is 13.6. The summed E-state index contributed by atoms with van der Waals surface area (Å²) in [7, 11) is 1.28. The van der Waals surface area contributed by atoms with Gasteiger partial charge >= 0.3 is 12.1 Å². The van der Waals surface area contributed by atoms with Crippen LogP contribution in [0.25, 0.3) is 0 Å². The van der Waals surface area contributed by atoms with Crippen molar-refractivity contribution in [2.75, 3.05) is 7.11 Å². The average Bonchev–Trinajstić information content (AvgIpc) is 2.73. The minimum Gasteiger partial charge on any atom is -0.451 e. The summed E-state index contributed by atoms with van der Waals surface area (Å²) in [5.74, 6) is -1.00. The highest BCUT2D eigenvalue weighted by Crippen LogP contribution is 2.39. The summed E-state index contributed by atoms with van der Waals surface area (Å²) in [5, 5.41) is 0. The van der Waals surface area contributed by atoms with E-state index in [0.717, 1.165) is 0 Å². The molecule has 0 radical (unpaired) electrons. The Labute approximate surface area is 107 Å². The second-order valence-electron chi connectivity index (χ2n) is 4.02. The molecule has 6 heteroatoms. The van der Waals surface area contributed by atoms with Gasteiger partial charge in [0, 0.05) is 13.2 Å². The quantitative estimate of drug-likeness (QED) is 0.794. The number of rotatable bonds is 3. The number of cyclic esters (lactones) is 1. The summed E-state index contributed by atoms with van der Waals surface area (Å²) < 4.78 is 48.3. The molecule has 1 aromatic carbocycles. The zero-order valence-corrected chi connectivity index (χ0v) is 9.98. The first-order valence-electron chi connectivity index (χ1n) is 5.50. The molecular formula is C13H11F3O3. The van der Waals surface area contributed by atoms with Crippen molar-refractivity contribution in [1.82, 2.24) is 0 Å². The molecule has 2 rings (SSSR count). The summed E-state index contributed by atoms with van der Waals surface area (Å²) in [4.78, 5) is 11.1. The third kappa shape index (κ3) is 2.78. The predicted octanol–water partition coefficient (Wildman–Crippen LogP) is 2.79. The van der Waals surface area contributed by atoms with E-state index in [0.29, 0.717) is 11.6 Å². The third-order valence-electron chi connectivity index (χ3n) is 2.81. The zero-order valence-electron chi connectivity index (χ0n) is 9.98. The van der Waals surface area contributed by atoms with Gasteiger partial charge < -0.3 is 9.47 Å². The molecule has 0 amide bonds. The van der Waals surface area contributed by atoms with Crippen LogP contribution in [0.2, 0.25) is 0 Å². The molecule has 1 aliphatic rings. The van der Waals surface area contributed by atoms with Gasteiger partial charge in [0.1, 0.15) is 6.10 Å². The molecule has 0 saturated heterocycles. The van der Waals surface area contributed by atoms with Crippen LogP contribution < -0.4 is 0 Å². The molecule has 0 fully saturated rings. The second kappa shape index (κ2) is 5.05. The van der Waals surface area contributed by atoms with Gasteiger partial charge in [-0.1, -0.05) is 30.3 Å². The fourth-order valence-corrected chi connectivity index (χ4v) is 1.98. The van der Waals surface area contributed by atoms with Crippen molar-refractivity contribution in [3.05, 3.63) is 47.5 Å². The highest BCUT2D eigenvalue weighted by atomic mass is 19.4. The van der Waals surface area contributed by atoms with E-state index in [4.69, 9.17) is 9.47 Å². The highest BCUT2D eigenvalue weighted by molar-refractivity contribution is 5.86. The molecule has 0 aromatic heterocycles. The maximum Gasteiger partial charge on any atom is 0.416 e. The molecule has 102 valence electrons. The number of esters is 1. The van der Waals surface area contributed by atoms with Crippen LogP contribution in [0.1, 0.15) is 11.7 Å². The highest BCUT2D eigenvalue weighted by Gasteiger charge is 2.48. The predicted molar refractivity (Wildman–Crippen MR) is 60.2 cm³/mol. The lowest BCUT2D eigenvalue weighted by atomic mass is 9.98. The Morgan fingerprint density at radius 1 is 1.26 bits per heavy atom. The molecule has 1 aliphatic heterocycles. The van der Waals surface area contributed by atoms with Crippen molar-refractivity contribution < 1.29 is 27.4 Å². The number of carbonyl (C=O) groups excluding carboxylic acids is 1. The molecule has 19 heavy (non-hydrogen) atoms. The van der Waals surface area contributed by atoms with E-state index < -0.39 is 29.9 Å². The lowest BCUT2D eigenvalue weighted by molar-refractivity contribution is -0.149. The van der Waals surface area contributed by atoms with Gasteiger partial charge in [0.2, 0.25) is 0 Å². The van der Waals surface area contributed by atoms with Gasteiger partial charge in [-0.3, -0.25) is 0 Å². The molecule has 1 heterocycles. The maximum atomic E-state index is 12.8. The molecule has 0 spiro atoms. The van der Waals surface area contributed by atoms with Gasteiger partial charge in [-0.05, 0) is 5.56 Å². The van der Waals surface area contributed by atoms with Gasteiger partial charge in [-0.2, -0.15) is 13.2 Å². The summed E-state index contributed by atoms with van der Waals surface area (Å²) in [6, 6.07) is 8.32. The summed E-state index contributed by atoms with van der Waals surface area (Å²) in [6.45, 7) is 0. The van der Waals surface area contributed by atoms with Crippen LogP contribution in [0.3, 0.4) is 0 Å². The monoisotopic (exact) mass is 272 g/mol. The van der Waals surface area contributed by atoms with Crippen LogP contribution in [0.15, 0.2) is 42.0 Å². The SMILES string of the molecule is COC(c1ccccc1)C1OC(=O)C=C1C(F)(F)F. The fraction of sp³-hybridized carbons (Fsp3) is 0.308. The van der Waals surface area contributed by atoms with Crippen molar-refractivity contribution in [3.63, 3.8) is 0 Å². The largest absolute Gasteiger partial charge is 0.451 e. The standard InChI is InChI=1S/C13H11F3O3/c1-18-11(8-5-3-2-4-6-8)12-9(13(14,15)16)7-10(17)19-12/h2-7,11-12H,1H3. The Morgan fingerprint density at radius 2 is 1.89 bits per heavy atom. The fourth-order valence-electron chi connectivity index (χ4n) is 1.98. The number of benzene rings is 1. The third-order valence-corrected chi connectivity index (χ3v) is 2.81. The normalized spacial score (nSPS) is 20.9. The lowest BCUT2D eigenvalue weighted by Gasteiger charge is -2.25. The average molecular weight is 272 g/mol. The number of ether oxygens (including phenoxy) is 2. The molecular weight excluding hydrogens is 261 g/mol. The minimum atomic E-state index is -4.62. The van der Waals surface area contributed by atoms with Crippen LogP contribution >= 0.6 is 0 Å². The van der Waals surface area contributed by atoms with Crippen LogP contribution in [0, 0.1) is 0 Å². The van der Waals surface area contributed by atoms with E-state index in [1.807, 2.05) is 0 Å². The Morgan fingerprint density at radius 3 is 2.42 bits per heavy atom. The van der Waals surface area contributed by atoms with Crippen molar-refractivity contribution in [2.24, 2.45) is 0 Å². The van der Waals surface area contributed by atoms with E-state index in [1.165, 1.54) is 7.11 Å². The molecule has 0 aliphatic carbocycles. The minimum absolute atomic E-state index is 0.472. The Hall–Kier alpha value is -1.82. The number of hydrogen-bond donors (Lipinski definition) is 0. The molecule has 0 saturated carbocycles. The molecule has 3 nitrogen and oxygen atoms in total. The van der Waals surface area contributed by atoms with E-state index in [2.05, 4.69) is 0 Å². The van der Waals surface area contributed by atoms with E-state index in [1.54, 1.807) is 30.3 Å². The molecule has 2 atom stereocenters. The van der Waals surface area contributed by atoms with E-state index in [9.17, 15) is 18.0 Å². The van der Waals surface area contributed by atoms with Crippen LogP contribution in [0.5, 0.6) is 0 Å². The van der Waals surface area contributed by atoms with Crippen LogP contribution in [0.4, 0.5) is 13.2 Å². The van der Waals surface area contributed by atoms with E-state index in [-0.39, 0.29) is 0 Å². The second-order valence-corrected chi connectivity index (χ2v) is 4.02. The molecule has 2 unspecified atom stereocenters. The number of halogens is 3. The number of alkyl halides is 3. The van der Waals surface area contributed by atoms with Crippen molar-refractivity contribution >= 4 is 5.97 Å². The van der Waals surface area contributed by atoms with Gasteiger partial charge in [0.25, 0.3) is 0 Å². The van der Waals surface area contributed by atoms with Gasteiger partial charge in [-0.25, -0.2) is 4.79 Å². The van der Waals surface area contributed by atoms with Crippen molar-refractivity contribution in [2.45, 2.75) is 18.4 Å². The summed E-state index contributed by atoms with van der Waals surface area (Å²) in [6.07, 6.45) is -6.61. The zero-order chi connectivity index (χ0) is 14.0.